The minimum atomic E-state index is -1.83. The van der Waals surface area contributed by atoms with Crippen molar-refractivity contribution in [2.24, 2.45) is 0 Å². The molecule has 6 heteroatoms. The van der Waals surface area contributed by atoms with Crippen molar-refractivity contribution in [3.05, 3.63) is 35.9 Å². The van der Waals surface area contributed by atoms with Gasteiger partial charge in [-0.2, -0.15) is 0 Å². The number of carbonyl (C=O) groups excluding carboxylic acids is 1. The standard InChI is InChI=1S/C17H25FN2O3/c1-3-19-17(23)14-16(22)13(18)15(21)11(2)20(14)10-9-12-7-5-4-6-8-12/h4-8,11,13-16,21-22H,3,9-10H2,1-2H3,(H,19,23). The van der Waals surface area contributed by atoms with Gasteiger partial charge in [-0.3, -0.25) is 9.69 Å². The van der Waals surface area contributed by atoms with Gasteiger partial charge in [-0.25, -0.2) is 4.39 Å². The van der Waals surface area contributed by atoms with Gasteiger partial charge in [0.15, 0.2) is 6.17 Å². The topological polar surface area (TPSA) is 72.8 Å². The van der Waals surface area contributed by atoms with Gasteiger partial charge in [-0.1, -0.05) is 30.3 Å². The van der Waals surface area contributed by atoms with Crippen LogP contribution in [0.1, 0.15) is 19.4 Å². The number of nitrogens with zero attached hydrogens (tertiary/aromatic N) is 1. The molecule has 1 heterocycles. The molecule has 1 amide bonds. The van der Waals surface area contributed by atoms with Crippen molar-refractivity contribution < 1.29 is 19.4 Å². The number of hydrogen-bond acceptors (Lipinski definition) is 4. The number of amides is 1. The van der Waals surface area contributed by atoms with E-state index in [1.807, 2.05) is 30.3 Å². The largest absolute Gasteiger partial charge is 0.388 e. The lowest BCUT2D eigenvalue weighted by molar-refractivity contribution is -0.156. The predicted molar refractivity (Wildman–Crippen MR) is 85.7 cm³/mol. The van der Waals surface area contributed by atoms with Crippen molar-refractivity contribution in [2.75, 3.05) is 13.1 Å². The van der Waals surface area contributed by atoms with Crippen LogP contribution in [0.2, 0.25) is 0 Å². The van der Waals surface area contributed by atoms with E-state index in [0.29, 0.717) is 19.5 Å². The molecule has 128 valence electrons. The Morgan fingerprint density at radius 1 is 1.26 bits per heavy atom. The highest BCUT2D eigenvalue weighted by molar-refractivity contribution is 5.82. The van der Waals surface area contributed by atoms with Crippen LogP contribution in [0.5, 0.6) is 0 Å². The first-order valence-electron chi connectivity index (χ1n) is 8.05. The molecule has 1 aromatic rings. The molecule has 1 aliphatic heterocycles. The molecule has 1 aromatic carbocycles. The third kappa shape index (κ3) is 3.88. The van der Waals surface area contributed by atoms with Crippen LogP contribution in [0.4, 0.5) is 4.39 Å². The number of nitrogens with one attached hydrogen (secondary N) is 1. The highest BCUT2D eigenvalue weighted by atomic mass is 19.1. The molecule has 0 bridgehead atoms. The second kappa shape index (κ2) is 7.86. The number of alkyl halides is 1. The van der Waals surface area contributed by atoms with Gasteiger partial charge in [0, 0.05) is 19.1 Å². The van der Waals surface area contributed by atoms with E-state index in [9.17, 15) is 19.4 Å². The number of likely N-dealkylation sites (N-methyl/N-ethyl adjacent to an activating group) is 1. The fourth-order valence-electron chi connectivity index (χ4n) is 3.12. The Morgan fingerprint density at radius 3 is 2.52 bits per heavy atom. The molecule has 2 rings (SSSR count). The van der Waals surface area contributed by atoms with E-state index in [0.717, 1.165) is 5.56 Å². The number of piperidine rings is 1. The predicted octanol–water partition coefficient (Wildman–Crippen LogP) is 0.498. The van der Waals surface area contributed by atoms with E-state index in [4.69, 9.17) is 0 Å². The van der Waals surface area contributed by atoms with Crippen molar-refractivity contribution in [3.8, 4) is 0 Å². The number of hydrogen-bond donors (Lipinski definition) is 3. The van der Waals surface area contributed by atoms with Crippen LogP contribution in [0.25, 0.3) is 0 Å². The summed E-state index contributed by atoms with van der Waals surface area (Å²) in [7, 11) is 0. The summed E-state index contributed by atoms with van der Waals surface area (Å²) >= 11 is 0. The van der Waals surface area contributed by atoms with Crippen LogP contribution >= 0.6 is 0 Å². The summed E-state index contributed by atoms with van der Waals surface area (Å²) in [4.78, 5) is 14.0. The minimum absolute atomic E-state index is 0.405. The van der Waals surface area contributed by atoms with Crippen LogP contribution in [0.15, 0.2) is 30.3 Å². The van der Waals surface area contributed by atoms with Gasteiger partial charge in [0.2, 0.25) is 5.91 Å². The number of carbonyl (C=O) groups is 1. The van der Waals surface area contributed by atoms with E-state index >= 15 is 0 Å². The molecular formula is C17H25FN2O3. The first-order valence-corrected chi connectivity index (χ1v) is 8.05. The normalized spacial score (nSPS) is 31.8. The number of aliphatic hydroxyl groups is 2. The maximum Gasteiger partial charge on any atom is 0.240 e. The fourth-order valence-corrected chi connectivity index (χ4v) is 3.12. The van der Waals surface area contributed by atoms with Gasteiger partial charge in [0.25, 0.3) is 0 Å². The van der Waals surface area contributed by atoms with Crippen LogP contribution in [0.3, 0.4) is 0 Å². The molecule has 0 radical (unpaired) electrons. The molecule has 5 nitrogen and oxygen atoms in total. The monoisotopic (exact) mass is 324 g/mol. The van der Waals surface area contributed by atoms with Crippen molar-refractivity contribution in [2.45, 2.75) is 50.7 Å². The summed E-state index contributed by atoms with van der Waals surface area (Å²) in [6.45, 7) is 4.31. The van der Waals surface area contributed by atoms with E-state index in [2.05, 4.69) is 5.32 Å². The van der Waals surface area contributed by atoms with Crippen LogP contribution < -0.4 is 5.32 Å². The minimum Gasteiger partial charge on any atom is -0.388 e. The summed E-state index contributed by atoms with van der Waals surface area (Å²) in [5, 5.41) is 22.8. The van der Waals surface area contributed by atoms with Gasteiger partial charge in [-0.15, -0.1) is 0 Å². The Morgan fingerprint density at radius 2 is 1.91 bits per heavy atom. The highest BCUT2D eigenvalue weighted by Gasteiger charge is 2.49. The molecular weight excluding hydrogens is 299 g/mol. The zero-order chi connectivity index (χ0) is 17.0. The summed E-state index contributed by atoms with van der Waals surface area (Å²) < 4.78 is 14.1. The van der Waals surface area contributed by atoms with Gasteiger partial charge < -0.3 is 15.5 Å². The Labute approximate surface area is 136 Å². The first-order chi connectivity index (χ1) is 11.0. The maximum atomic E-state index is 14.1. The zero-order valence-electron chi connectivity index (χ0n) is 13.5. The van der Waals surface area contributed by atoms with E-state index in [-0.39, 0.29) is 0 Å². The quantitative estimate of drug-likeness (QED) is 0.737. The lowest BCUT2D eigenvalue weighted by atomic mass is 9.88. The Kier molecular flexibility index (Phi) is 6.10. The van der Waals surface area contributed by atoms with E-state index in [1.54, 1.807) is 18.7 Å². The average molecular weight is 324 g/mol. The summed E-state index contributed by atoms with van der Waals surface area (Å²) in [5.74, 6) is -0.408. The Bertz CT molecular complexity index is 514. The second-order valence-electron chi connectivity index (χ2n) is 5.98. The van der Waals surface area contributed by atoms with Crippen molar-refractivity contribution in [1.82, 2.24) is 10.2 Å². The molecule has 5 atom stereocenters. The average Bonchev–Trinajstić information content (AvgIpc) is 2.56. The molecule has 0 aliphatic carbocycles. The number of benzene rings is 1. The van der Waals surface area contributed by atoms with Crippen molar-refractivity contribution >= 4 is 5.91 Å². The zero-order valence-corrected chi connectivity index (χ0v) is 13.5. The van der Waals surface area contributed by atoms with Gasteiger partial charge in [0.05, 0.1) is 0 Å². The van der Waals surface area contributed by atoms with E-state index in [1.165, 1.54) is 0 Å². The lowest BCUT2D eigenvalue weighted by Gasteiger charge is -2.46. The third-order valence-electron chi connectivity index (χ3n) is 4.47. The highest BCUT2D eigenvalue weighted by Crippen LogP contribution is 2.27. The number of rotatable bonds is 5. The van der Waals surface area contributed by atoms with Crippen LogP contribution in [0, 0.1) is 0 Å². The first kappa shape index (κ1) is 17.8. The third-order valence-corrected chi connectivity index (χ3v) is 4.47. The number of likely N-dealkylation sites (tertiary alicyclic amines) is 1. The van der Waals surface area contributed by atoms with Gasteiger partial charge >= 0.3 is 0 Å². The molecule has 0 saturated carbocycles. The Hall–Kier alpha value is -1.50. The molecule has 1 saturated heterocycles. The van der Waals surface area contributed by atoms with Gasteiger partial charge in [0.1, 0.15) is 18.2 Å². The molecule has 23 heavy (non-hydrogen) atoms. The molecule has 0 spiro atoms. The van der Waals surface area contributed by atoms with Crippen molar-refractivity contribution in [3.63, 3.8) is 0 Å². The Balaban J connectivity index is 2.17. The summed E-state index contributed by atoms with van der Waals surface area (Å²) in [6.07, 6.45) is -4.03. The van der Waals surface area contributed by atoms with Crippen LogP contribution in [-0.2, 0) is 11.2 Å². The summed E-state index contributed by atoms with van der Waals surface area (Å²) in [5.41, 5.74) is 1.08. The van der Waals surface area contributed by atoms with Crippen LogP contribution in [-0.4, -0.2) is 64.6 Å². The van der Waals surface area contributed by atoms with Gasteiger partial charge in [-0.05, 0) is 25.8 Å². The summed E-state index contributed by atoms with van der Waals surface area (Å²) in [6, 6.07) is 8.18. The van der Waals surface area contributed by atoms with E-state index < -0.39 is 36.4 Å². The SMILES string of the molecule is CCNC(=O)C1C(O)C(F)C(O)C(C)N1CCc1ccccc1. The molecule has 1 fully saturated rings. The lowest BCUT2D eigenvalue weighted by Crippen LogP contribution is -2.68. The second-order valence-corrected chi connectivity index (χ2v) is 5.98. The molecule has 0 aromatic heterocycles. The fraction of sp³-hybridized carbons (Fsp3) is 0.588. The number of aliphatic hydroxyl groups excluding tert-OH is 2. The maximum absolute atomic E-state index is 14.1. The van der Waals surface area contributed by atoms with Crippen molar-refractivity contribution in [1.29, 1.82) is 0 Å². The molecule has 5 unspecified atom stereocenters. The number of halogens is 1. The molecule has 3 N–H and O–H groups in total. The smallest absolute Gasteiger partial charge is 0.240 e. The molecule has 1 aliphatic rings.